The summed E-state index contributed by atoms with van der Waals surface area (Å²) < 4.78 is 11.1. The van der Waals surface area contributed by atoms with E-state index in [0.29, 0.717) is 6.54 Å². The second-order valence-corrected chi connectivity index (χ2v) is 10.3. The van der Waals surface area contributed by atoms with E-state index in [1.54, 1.807) is 7.11 Å². The van der Waals surface area contributed by atoms with Crippen LogP contribution in [0.3, 0.4) is 0 Å². The SMILES string of the molecule is COCOc1c(C(C)(C)C)cc(C(O)C2SCCNC2=O)cc1C(C)(C)C. The lowest BCUT2D eigenvalue weighted by atomic mass is 9.77. The van der Waals surface area contributed by atoms with Crippen molar-refractivity contribution in [2.24, 2.45) is 0 Å². The first-order valence-electron chi connectivity index (χ1n) is 9.35. The van der Waals surface area contributed by atoms with Crippen LogP contribution >= 0.6 is 11.8 Å². The molecule has 2 unspecified atom stereocenters. The molecular weight excluding hydrogens is 362 g/mol. The standard InChI is InChI=1S/C21H33NO4S/c1-20(2,3)14-10-13(16(23)18-19(24)22-8-9-27-18)11-15(21(4,5)6)17(14)26-12-25-7/h10-11,16,18,23H,8-9,12H2,1-7H3,(H,22,24). The molecule has 6 heteroatoms. The van der Waals surface area contributed by atoms with Crippen molar-refractivity contribution in [3.8, 4) is 5.75 Å². The molecule has 0 bridgehead atoms. The van der Waals surface area contributed by atoms with E-state index in [0.717, 1.165) is 28.2 Å². The average Bonchev–Trinajstić information content (AvgIpc) is 2.57. The number of thioether (sulfide) groups is 1. The van der Waals surface area contributed by atoms with E-state index < -0.39 is 11.4 Å². The van der Waals surface area contributed by atoms with Crippen molar-refractivity contribution in [1.82, 2.24) is 5.32 Å². The number of benzene rings is 1. The van der Waals surface area contributed by atoms with Crippen LogP contribution in [0.2, 0.25) is 0 Å². The maximum atomic E-state index is 12.2. The molecule has 152 valence electrons. The summed E-state index contributed by atoms with van der Waals surface area (Å²) in [4.78, 5) is 12.2. The average molecular weight is 396 g/mol. The molecular formula is C21H33NO4S. The van der Waals surface area contributed by atoms with Crippen molar-refractivity contribution in [3.05, 3.63) is 28.8 Å². The van der Waals surface area contributed by atoms with Crippen LogP contribution < -0.4 is 10.1 Å². The van der Waals surface area contributed by atoms with E-state index >= 15 is 0 Å². The van der Waals surface area contributed by atoms with Crippen molar-refractivity contribution >= 4 is 17.7 Å². The summed E-state index contributed by atoms with van der Waals surface area (Å²) in [5.74, 6) is 1.50. The number of rotatable bonds is 5. The summed E-state index contributed by atoms with van der Waals surface area (Å²) in [6.07, 6.45) is -0.867. The Balaban J connectivity index is 2.60. The number of nitrogens with one attached hydrogen (secondary N) is 1. The van der Waals surface area contributed by atoms with E-state index in [9.17, 15) is 9.90 Å². The second kappa shape index (κ2) is 8.41. The summed E-state index contributed by atoms with van der Waals surface area (Å²) in [5, 5.41) is 13.4. The zero-order chi connectivity index (χ0) is 20.4. The highest BCUT2D eigenvalue weighted by molar-refractivity contribution is 8.00. The fourth-order valence-electron chi connectivity index (χ4n) is 3.16. The summed E-state index contributed by atoms with van der Waals surface area (Å²) in [7, 11) is 1.60. The number of hydrogen-bond donors (Lipinski definition) is 2. The second-order valence-electron chi connectivity index (χ2n) is 9.02. The van der Waals surface area contributed by atoms with Gasteiger partial charge in [0.25, 0.3) is 0 Å². The Morgan fingerprint density at radius 2 is 1.74 bits per heavy atom. The highest BCUT2D eigenvalue weighted by Crippen LogP contribution is 2.43. The molecule has 1 heterocycles. The Morgan fingerprint density at radius 1 is 1.19 bits per heavy atom. The molecule has 2 N–H and O–H groups in total. The third-order valence-corrected chi connectivity index (χ3v) is 5.90. The number of aliphatic hydroxyl groups excluding tert-OH is 1. The molecule has 1 aromatic carbocycles. The number of amides is 1. The van der Waals surface area contributed by atoms with Crippen LogP contribution in [0.15, 0.2) is 12.1 Å². The summed E-state index contributed by atoms with van der Waals surface area (Å²) in [6, 6.07) is 3.96. The van der Waals surface area contributed by atoms with Crippen molar-refractivity contribution in [3.63, 3.8) is 0 Å². The summed E-state index contributed by atoms with van der Waals surface area (Å²) in [5.41, 5.74) is 2.37. The predicted molar refractivity (Wildman–Crippen MR) is 111 cm³/mol. The van der Waals surface area contributed by atoms with E-state index in [1.165, 1.54) is 11.8 Å². The molecule has 1 fully saturated rings. The largest absolute Gasteiger partial charge is 0.467 e. The minimum absolute atomic E-state index is 0.104. The lowest BCUT2D eigenvalue weighted by Crippen LogP contribution is -2.42. The zero-order valence-corrected chi connectivity index (χ0v) is 18.3. The first kappa shape index (κ1) is 22.1. The monoisotopic (exact) mass is 395 g/mol. The minimum Gasteiger partial charge on any atom is -0.467 e. The van der Waals surface area contributed by atoms with Gasteiger partial charge in [-0.3, -0.25) is 4.79 Å². The van der Waals surface area contributed by atoms with Crippen LogP contribution in [-0.2, 0) is 20.4 Å². The predicted octanol–water partition coefficient (Wildman–Crippen LogP) is 3.53. The maximum Gasteiger partial charge on any atom is 0.236 e. The lowest BCUT2D eigenvalue weighted by molar-refractivity contribution is -0.122. The van der Waals surface area contributed by atoms with Gasteiger partial charge in [-0.1, -0.05) is 41.5 Å². The van der Waals surface area contributed by atoms with Gasteiger partial charge in [0.15, 0.2) is 6.79 Å². The van der Waals surface area contributed by atoms with Crippen LogP contribution in [0, 0.1) is 0 Å². The Labute approximate surface area is 167 Å². The molecule has 0 saturated carbocycles. The summed E-state index contributed by atoms with van der Waals surface area (Å²) in [6.45, 7) is 13.5. The van der Waals surface area contributed by atoms with Crippen LogP contribution in [-0.4, -0.2) is 42.5 Å². The molecule has 1 aromatic rings. The van der Waals surface area contributed by atoms with Crippen molar-refractivity contribution in [1.29, 1.82) is 0 Å². The molecule has 0 aromatic heterocycles. The summed E-state index contributed by atoms with van der Waals surface area (Å²) >= 11 is 1.51. The molecule has 0 spiro atoms. The van der Waals surface area contributed by atoms with Crippen molar-refractivity contribution in [2.75, 3.05) is 26.2 Å². The van der Waals surface area contributed by atoms with Gasteiger partial charge in [0.1, 0.15) is 11.0 Å². The van der Waals surface area contributed by atoms with E-state index in [2.05, 4.69) is 46.9 Å². The van der Waals surface area contributed by atoms with E-state index in [4.69, 9.17) is 9.47 Å². The molecule has 1 saturated heterocycles. The van der Waals surface area contributed by atoms with Gasteiger partial charge in [-0.2, -0.15) is 0 Å². The van der Waals surface area contributed by atoms with Gasteiger partial charge in [-0.05, 0) is 28.5 Å². The van der Waals surface area contributed by atoms with Crippen molar-refractivity contribution < 1.29 is 19.4 Å². The number of ether oxygens (including phenoxy) is 2. The quantitative estimate of drug-likeness (QED) is 0.747. The molecule has 2 rings (SSSR count). The van der Waals surface area contributed by atoms with Crippen molar-refractivity contribution in [2.45, 2.75) is 63.7 Å². The number of methoxy groups -OCH3 is 1. The molecule has 0 radical (unpaired) electrons. The van der Waals surface area contributed by atoms with Crippen LogP contribution in [0.25, 0.3) is 0 Å². The van der Waals surface area contributed by atoms with Gasteiger partial charge >= 0.3 is 0 Å². The Bertz CT molecular complexity index is 641. The van der Waals surface area contributed by atoms with Gasteiger partial charge in [0.05, 0.1) is 6.10 Å². The normalized spacial score (nSPS) is 19.6. The number of carbonyl (C=O) groups excluding carboxylic acids is 1. The molecule has 0 aliphatic carbocycles. The topological polar surface area (TPSA) is 67.8 Å². The van der Waals surface area contributed by atoms with Gasteiger partial charge in [0.2, 0.25) is 5.91 Å². The van der Waals surface area contributed by atoms with Gasteiger partial charge in [-0.25, -0.2) is 0 Å². The molecule has 27 heavy (non-hydrogen) atoms. The third-order valence-electron chi connectivity index (χ3n) is 4.63. The number of aliphatic hydroxyl groups is 1. The lowest BCUT2D eigenvalue weighted by Gasteiger charge is -2.32. The minimum atomic E-state index is -0.867. The Morgan fingerprint density at radius 3 is 2.19 bits per heavy atom. The fourth-order valence-corrected chi connectivity index (χ4v) is 4.20. The van der Waals surface area contributed by atoms with Crippen LogP contribution in [0.4, 0.5) is 0 Å². The zero-order valence-electron chi connectivity index (χ0n) is 17.5. The van der Waals surface area contributed by atoms with Crippen LogP contribution in [0.1, 0.15) is 64.3 Å². The highest BCUT2D eigenvalue weighted by Gasteiger charge is 2.34. The van der Waals surface area contributed by atoms with Gasteiger partial charge in [-0.15, -0.1) is 11.8 Å². The number of hydrogen-bond acceptors (Lipinski definition) is 5. The Kier molecular flexibility index (Phi) is 6.87. The van der Waals surface area contributed by atoms with Gasteiger partial charge < -0.3 is 19.9 Å². The first-order valence-corrected chi connectivity index (χ1v) is 10.4. The Hall–Kier alpha value is -1.24. The first-order chi connectivity index (χ1) is 12.5. The maximum absolute atomic E-state index is 12.2. The third kappa shape index (κ3) is 5.18. The van der Waals surface area contributed by atoms with Gasteiger partial charge in [0, 0.05) is 30.5 Å². The fraction of sp³-hybridized carbons (Fsp3) is 0.667. The van der Waals surface area contributed by atoms with E-state index in [1.807, 2.05) is 12.1 Å². The highest BCUT2D eigenvalue weighted by atomic mass is 32.2. The number of carbonyl (C=O) groups is 1. The van der Waals surface area contributed by atoms with E-state index in [-0.39, 0.29) is 23.5 Å². The smallest absolute Gasteiger partial charge is 0.236 e. The molecule has 1 amide bonds. The van der Waals surface area contributed by atoms with Crippen LogP contribution in [0.5, 0.6) is 5.75 Å². The molecule has 1 aliphatic rings. The molecule has 2 atom stereocenters. The molecule has 1 aliphatic heterocycles. The molecule has 5 nitrogen and oxygen atoms in total.